The summed E-state index contributed by atoms with van der Waals surface area (Å²) < 4.78 is 5.28. The van der Waals surface area contributed by atoms with Crippen LogP contribution < -0.4 is 0 Å². The molecular weight excluding hydrogens is 262 g/mol. The third kappa shape index (κ3) is 4.67. The predicted molar refractivity (Wildman–Crippen MR) is 76.4 cm³/mol. The zero-order chi connectivity index (χ0) is 14.1. The molecular formula is C14H19NO3S. The molecule has 0 spiro atoms. The van der Waals surface area contributed by atoms with Gasteiger partial charge >= 0.3 is 0 Å². The molecule has 1 aromatic heterocycles. The van der Waals surface area contributed by atoms with Crippen molar-refractivity contribution in [2.75, 3.05) is 32.9 Å². The van der Waals surface area contributed by atoms with Crippen LogP contribution in [0.2, 0.25) is 0 Å². The summed E-state index contributed by atoms with van der Waals surface area (Å²) in [7, 11) is 0. The summed E-state index contributed by atoms with van der Waals surface area (Å²) in [5, 5.41) is 10.5. The van der Waals surface area contributed by atoms with E-state index in [9.17, 15) is 4.79 Å². The van der Waals surface area contributed by atoms with Crippen LogP contribution in [0.4, 0.5) is 0 Å². The van der Waals surface area contributed by atoms with Gasteiger partial charge < -0.3 is 14.7 Å². The van der Waals surface area contributed by atoms with Gasteiger partial charge in [-0.2, -0.15) is 0 Å². The molecule has 0 bridgehead atoms. The van der Waals surface area contributed by atoms with Crippen molar-refractivity contribution >= 4 is 17.2 Å². The molecule has 4 nitrogen and oxygen atoms in total. The summed E-state index contributed by atoms with van der Waals surface area (Å²) >= 11 is 1.37. The highest BCUT2D eigenvalue weighted by Crippen LogP contribution is 2.18. The number of likely N-dealkylation sites (N-methyl/N-ethyl adjacent to an activating group) is 1. The Labute approximate surface area is 118 Å². The fraction of sp³-hybridized carbons (Fsp3) is 0.500. The fourth-order valence-corrected chi connectivity index (χ4v) is 2.39. The minimum Gasteiger partial charge on any atom is -0.384 e. The van der Waals surface area contributed by atoms with Crippen LogP contribution in [0.5, 0.6) is 0 Å². The number of carbonyl (C=O) groups is 1. The van der Waals surface area contributed by atoms with Crippen molar-refractivity contribution in [3.63, 3.8) is 0 Å². The quantitative estimate of drug-likeness (QED) is 0.636. The summed E-state index contributed by atoms with van der Waals surface area (Å²) in [6.45, 7) is 6.07. The van der Waals surface area contributed by atoms with E-state index in [0.29, 0.717) is 36.7 Å². The summed E-state index contributed by atoms with van der Waals surface area (Å²) in [4.78, 5) is 14.7. The second-order valence-corrected chi connectivity index (χ2v) is 4.62. The number of nitrogens with zero attached hydrogens (tertiary/aromatic N) is 1. The van der Waals surface area contributed by atoms with Crippen LogP contribution in [0.25, 0.3) is 0 Å². The molecule has 1 amide bonds. The van der Waals surface area contributed by atoms with E-state index in [-0.39, 0.29) is 12.5 Å². The number of ether oxygens (including phenoxy) is 1. The third-order valence-corrected chi connectivity index (χ3v) is 3.44. The van der Waals surface area contributed by atoms with Gasteiger partial charge in [-0.1, -0.05) is 11.8 Å². The highest BCUT2D eigenvalue weighted by atomic mass is 32.1. The maximum absolute atomic E-state index is 12.4. The summed E-state index contributed by atoms with van der Waals surface area (Å²) in [6.07, 6.45) is 0. The van der Waals surface area contributed by atoms with Gasteiger partial charge in [0.15, 0.2) is 0 Å². The lowest BCUT2D eigenvalue weighted by molar-refractivity contribution is 0.0673. The second-order valence-electron chi connectivity index (χ2n) is 3.71. The Bertz CT molecular complexity index is 459. The van der Waals surface area contributed by atoms with E-state index in [1.807, 2.05) is 19.2 Å². The van der Waals surface area contributed by atoms with Crippen molar-refractivity contribution in [3.8, 4) is 11.8 Å². The average molecular weight is 281 g/mol. The van der Waals surface area contributed by atoms with Crippen molar-refractivity contribution in [3.05, 3.63) is 21.9 Å². The Morgan fingerprint density at radius 3 is 2.95 bits per heavy atom. The molecule has 0 saturated heterocycles. The van der Waals surface area contributed by atoms with E-state index in [1.54, 1.807) is 11.0 Å². The Kier molecular flexibility index (Phi) is 7.19. The maximum atomic E-state index is 12.4. The van der Waals surface area contributed by atoms with Crippen molar-refractivity contribution in [2.24, 2.45) is 0 Å². The van der Waals surface area contributed by atoms with Gasteiger partial charge in [-0.15, -0.1) is 11.3 Å². The number of aliphatic hydroxyl groups is 1. The van der Waals surface area contributed by atoms with Crippen LogP contribution in [-0.2, 0) is 4.74 Å². The molecule has 104 valence electrons. The Morgan fingerprint density at radius 1 is 1.53 bits per heavy atom. The van der Waals surface area contributed by atoms with Gasteiger partial charge in [0, 0.05) is 25.3 Å². The molecule has 0 aromatic carbocycles. The monoisotopic (exact) mass is 281 g/mol. The van der Waals surface area contributed by atoms with Crippen molar-refractivity contribution in [1.82, 2.24) is 4.90 Å². The molecule has 0 radical (unpaired) electrons. The summed E-state index contributed by atoms with van der Waals surface area (Å²) in [5.41, 5.74) is 0.680. The van der Waals surface area contributed by atoms with Gasteiger partial charge in [0.1, 0.15) is 11.5 Å². The lowest BCUT2D eigenvalue weighted by atomic mass is 10.2. The van der Waals surface area contributed by atoms with Crippen LogP contribution >= 0.6 is 11.3 Å². The van der Waals surface area contributed by atoms with Crippen molar-refractivity contribution < 1.29 is 14.6 Å². The molecule has 0 saturated carbocycles. The molecule has 0 atom stereocenters. The number of amides is 1. The van der Waals surface area contributed by atoms with Gasteiger partial charge in [0.05, 0.1) is 6.61 Å². The molecule has 1 heterocycles. The van der Waals surface area contributed by atoms with E-state index < -0.39 is 0 Å². The second kappa shape index (κ2) is 8.70. The lowest BCUT2D eigenvalue weighted by Gasteiger charge is -2.20. The first kappa shape index (κ1) is 15.7. The standard InChI is InChI=1S/C14H19NO3S/c1-3-15(8-10-18-4-2)14(17)13-12(6-5-9-16)7-11-19-13/h7,11,16H,3-4,8-10H2,1-2H3. The fourth-order valence-electron chi connectivity index (χ4n) is 1.57. The third-order valence-electron chi connectivity index (χ3n) is 2.54. The number of carbonyl (C=O) groups excluding carboxylic acids is 1. The molecule has 0 aliphatic rings. The van der Waals surface area contributed by atoms with E-state index >= 15 is 0 Å². The number of rotatable bonds is 6. The minimum absolute atomic E-state index is 0.0283. The van der Waals surface area contributed by atoms with Gasteiger partial charge in [-0.25, -0.2) is 0 Å². The normalized spacial score (nSPS) is 9.84. The maximum Gasteiger partial charge on any atom is 0.265 e. The van der Waals surface area contributed by atoms with E-state index in [2.05, 4.69) is 11.8 Å². The molecule has 5 heteroatoms. The number of hydrogen-bond acceptors (Lipinski definition) is 4. The van der Waals surface area contributed by atoms with Gasteiger partial charge in [-0.05, 0) is 25.3 Å². The largest absolute Gasteiger partial charge is 0.384 e. The molecule has 0 aliphatic carbocycles. The molecule has 1 aromatic rings. The van der Waals surface area contributed by atoms with Crippen LogP contribution in [0.15, 0.2) is 11.4 Å². The smallest absolute Gasteiger partial charge is 0.265 e. The lowest BCUT2D eigenvalue weighted by Crippen LogP contribution is -2.33. The van der Waals surface area contributed by atoms with Crippen LogP contribution in [0.3, 0.4) is 0 Å². The average Bonchev–Trinajstić information content (AvgIpc) is 2.89. The number of hydrogen-bond donors (Lipinski definition) is 1. The summed E-state index contributed by atoms with van der Waals surface area (Å²) in [6, 6.07) is 1.80. The molecule has 0 unspecified atom stereocenters. The van der Waals surface area contributed by atoms with Crippen molar-refractivity contribution in [1.29, 1.82) is 0 Å². The van der Waals surface area contributed by atoms with Crippen LogP contribution in [-0.4, -0.2) is 48.8 Å². The predicted octanol–water partition coefficient (Wildman–Crippen LogP) is 1.59. The van der Waals surface area contributed by atoms with Gasteiger partial charge in [-0.3, -0.25) is 4.79 Å². The molecule has 1 rings (SSSR count). The van der Waals surface area contributed by atoms with E-state index in [4.69, 9.17) is 9.84 Å². The first-order chi connectivity index (χ1) is 9.24. The minimum atomic E-state index is -0.203. The SMILES string of the molecule is CCOCCN(CC)C(=O)c1sccc1C#CCO. The highest BCUT2D eigenvalue weighted by molar-refractivity contribution is 7.12. The number of aliphatic hydroxyl groups excluding tert-OH is 1. The van der Waals surface area contributed by atoms with E-state index in [0.717, 1.165) is 0 Å². The van der Waals surface area contributed by atoms with E-state index in [1.165, 1.54) is 11.3 Å². The zero-order valence-electron chi connectivity index (χ0n) is 11.3. The Balaban J connectivity index is 2.77. The highest BCUT2D eigenvalue weighted by Gasteiger charge is 2.18. The topological polar surface area (TPSA) is 49.8 Å². The summed E-state index contributed by atoms with van der Waals surface area (Å²) in [5.74, 6) is 5.35. The van der Waals surface area contributed by atoms with Gasteiger partial charge in [0.2, 0.25) is 0 Å². The number of thiophene rings is 1. The van der Waals surface area contributed by atoms with Gasteiger partial charge in [0.25, 0.3) is 5.91 Å². The first-order valence-electron chi connectivity index (χ1n) is 6.28. The zero-order valence-corrected chi connectivity index (χ0v) is 12.1. The Hall–Kier alpha value is -1.35. The van der Waals surface area contributed by atoms with Crippen LogP contribution in [0, 0.1) is 11.8 Å². The van der Waals surface area contributed by atoms with Crippen LogP contribution in [0.1, 0.15) is 29.1 Å². The molecule has 1 N–H and O–H groups in total. The molecule has 0 aliphatic heterocycles. The Morgan fingerprint density at radius 2 is 2.32 bits per heavy atom. The molecule has 0 fully saturated rings. The van der Waals surface area contributed by atoms with Crippen molar-refractivity contribution in [2.45, 2.75) is 13.8 Å². The molecule has 19 heavy (non-hydrogen) atoms. The first-order valence-corrected chi connectivity index (χ1v) is 7.16.